The van der Waals surface area contributed by atoms with Crippen LogP contribution in [-0.4, -0.2) is 4.86 Å². The van der Waals surface area contributed by atoms with Gasteiger partial charge in [-0.2, -0.15) is 0 Å². The largest absolute Gasteiger partial charge is 0.222 e. The summed E-state index contributed by atoms with van der Waals surface area (Å²) in [5, 5.41) is 0. The minimum Gasteiger partial charge on any atom is -0.222 e. The molecule has 1 aliphatic heterocycles. The molecule has 0 spiro atoms. The van der Waals surface area contributed by atoms with E-state index in [4.69, 9.17) is 18.6 Å². The molecule has 0 atom stereocenters. The summed E-state index contributed by atoms with van der Waals surface area (Å²) in [5.41, 5.74) is 1.96. The molecule has 0 saturated carbocycles. The average Bonchev–Trinajstić information content (AvgIpc) is 2.10. The van der Waals surface area contributed by atoms with Crippen molar-refractivity contribution in [3.8, 4) is 0 Å². The summed E-state index contributed by atoms with van der Waals surface area (Å²) in [7, 11) is -4.94. The third-order valence-corrected chi connectivity index (χ3v) is 3.91. The van der Waals surface area contributed by atoms with Crippen LogP contribution in [0.1, 0.15) is 48.5 Å². The van der Waals surface area contributed by atoms with Gasteiger partial charge in [0.1, 0.15) is 0 Å². The first-order valence-corrected chi connectivity index (χ1v) is 8.23. The van der Waals surface area contributed by atoms with Gasteiger partial charge < -0.3 is 0 Å². The van der Waals surface area contributed by atoms with Crippen molar-refractivity contribution in [2.24, 2.45) is 10.8 Å². The van der Waals surface area contributed by atoms with Crippen molar-refractivity contribution in [3.63, 3.8) is 0 Å². The molecule has 1 heterocycles. The topological polar surface area (TPSA) is 92.2 Å². The lowest BCUT2D eigenvalue weighted by atomic mass is 9.83. The van der Waals surface area contributed by atoms with E-state index in [0.717, 1.165) is 0 Å². The molecule has 0 aliphatic carbocycles. The second-order valence-electron chi connectivity index (χ2n) is 6.70. The molecular formula is C14H23ClO4S-. The van der Waals surface area contributed by atoms with E-state index in [-0.39, 0.29) is 10.8 Å². The van der Waals surface area contributed by atoms with Gasteiger partial charge in [0.05, 0.1) is 0 Å². The van der Waals surface area contributed by atoms with E-state index in [9.17, 15) is 0 Å². The zero-order valence-electron chi connectivity index (χ0n) is 13.1. The predicted molar refractivity (Wildman–Crippen MR) is 73.3 cm³/mol. The maximum Gasteiger partial charge on any atom is 0.0104 e. The second-order valence-corrected chi connectivity index (χ2v) is 8.74. The summed E-state index contributed by atoms with van der Waals surface area (Å²) >= 11 is 1.91. The first-order valence-electron chi connectivity index (χ1n) is 6.18. The van der Waals surface area contributed by atoms with Crippen molar-refractivity contribution in [2.75, 3.05) is 0 Å². The summed E-state index contributed by atoms with van der Waals surface area (Å²) in [6, 6.07) is 0. The van der Waals surface area contributed by atoms with Crippen LogP contribution in [0.2, 0.25) is 0 Å². The zero-order valence-corrected chi connectivity index (χ0v) is 14.6. The molecule has 0 amide bonds. The van der Waals surface area contributed by atoms with Crippen molar-refractivity contribution in [2.45, 2.75) is 48.5 Å². The van der Waals surface area contributed by atoms with Gasteiger partial charge in [0.15, 0.2) is 0 Å². The van der Waals surface area contributed by atoms with Crippen LogP contribution in [0.4, 0.5) is 0 Å². The maximum absolute atomic E-state index is 8.49. The SMILES string of the molecule is CC1=[S]C(C(C)(C)C)=CC(C(C)(C)C)=C1.[O-][Cl+3]([O-])([O-])[O-]. The summed E-state index contributed by atoms with van der Waals surface area (Å²) in [4.78, 5) is 2.89. The van der Waals surface area contributed by atoms with E-state index in [1.807, 2.05) is 11.4 Å². The highest BCUT2D eigenvalue weighted by Crippen LogP contribution is 2.38. The fourth-order valence-corrected chi connectivity index (χ4v) is 2.46. The molecule has 117 valence electrons. The minimum absolute atomic E-state index is 0.249. The molecule has 0 bridgehead atoms. The van der Waals surface area contributed by atoms with Crippen molar-refractivity contribution in [1.29, 1.82) is 0 Å². The first-order chi connectivity index (χ1) is 8.60. The Labute approximate surface area is 127 Å². The third kappa shape index (κ3) is 8.79. The van der Waals surface area contributed by atoms with E-state index in [1.165, 1.54) is 15.3 Å². The van der Waals surface area contributed by atoms with Crippen LogP contribution >= 0.6 is 11.4 Å². The number of allylic oxidation sites excluding steroid dienone is 4. The Balaban J connectivity index is 0.000000621. The Morgan fingerprint density at radius 1 is 0.850 bits per heavy atom. The van der Waals surface area contributed by atoms with Crippen LogP contribution in [0.5, 0.6) is 0 Å². The average molecular weight is 323 g/mol. The summed E-state index contributed by atoms with van der Waals surface area (Å²) < 4.78 is 34.0. The number of hydrogen-bond acceptors (Lipinski definition) is 4. The van der Waals surface area contributed by atoms with Gasteiger partial charge in [-0.1, -0.05) is 41.5 Å². The van der Waals surface area contributed by atoms with E-state index >= 15 is 0 Å². The fraction of sp³-hybridized carbons (Fsp3) is 0.643. The Morgan fingerprint density at radius 3 is 1.55 bits per heavy atom. The predicted octanol–water partition coefficient (Wildman–Crippen LogP) is 0.0720. The van der Waals surface area contributed by atoms with Crippen molar-refractivity contribution in [3.05, 3.63) is 22.6 Å². The van der Waals surface area contributed by atoms with Gasteiger partial charge in [0.25, 0.3) is 0 Å². The van der Waals surface area contributed by atoms with E-state index < -0.39 is 10.2 Å². The van der Waals surface area contributed by atoms with Crippen molar-refractivity contribution < 1.29 is 28.9 Å². The summed E-state index contributed by atoms with van der Waals surface area (Å²) in [6.07, 6.45) is 4.69. The molecule has 1 aliphatic rings. The lowest BCUT2D eigenvalue weighted by Crippen LogP contribution is -2.68. The molecule has 0 fully saturated rings. The number of hydrogen-bond donors (Lipinski definition) is 0. The van der Waals surface area contributed by atoms with Crippen LogP contribution in [0.3, 0.4) is 0 Å². The molecule has 0 saturated heterocycles. The smallest absolute Gasteiger partial charge is 0.0104 e. The normalized spacial score (nSPS) is 16.6. The Hall–Kier alpha value is -0.300. The Morgan fingerprint density at radius 2 is 1.25 bits per heavy atom. The monoisotopic (exact) mass is 322 g/mol. The fourth-order valence-electron chi connectivity index (χ4n) is 1.44. The third-order valence-electron chi connectivity index (χ3n) is 2.52. The van der Waals surface area contributed by atoms with Crippen LogP contribution in [-0.2, 0) is 0 Å². The van der Waals surface area contributed by atoms with Crippen LogP contribution in [0, 0.1) is 21.1 Å². The van der Waals surface area contributed by atoms with Gasteiger partial charge in [-0.05, 0) is 35.5 Å². The van der Waals surface area contributed by atoms with Gasteiger partial charge in [-0.25, -0.2) is 18.6 Å². The zero-order chi connectivity index (χ0) is 16.4. The van der Waals surface area contributed by atoms with Crippen LogP contribution < -0.4 is 18.6 Å². The highest BCUT2D eigenvalue weighted by atomic mass is 35.7. The van der Waals surface area contributed by atoms with Gasteiger partial charge in [-0.15, -0.1) is 21.6 Å². The Bertz CT molecular complexity index is 411. The highest BCUT2D eigenvalue weighted by molar-refractivity contribution is 8.02. The first kappa shape index (κ1) is 19.7. The van der Waals surface area contributed by atoms with Gasteiger partial charge >= 0.3 is 0 Å². The molecule has 1 radical (unpaired) electrons. The molecule has 6 heteroatoms. The maximum atomic E-state index is 8.49. The molecule has 20 heavy (non-hydrogen) atoms. The quantitative estimate of drug-likeness (QED) is 0.590. The van der Waals surface area contributed by atoms with Gasteiger partial charge in [-0.3, -0.25) is 0 Å². The van der Waals surface area contributed by atoms with E-state index in [2.05, 4.69) is 60.6 Å². The number of rotatable bonds is 0. The van der Waals surface area contributed by atoms with Crippen LogP contribution in [0.25, 0.3) is 0 Å². The summed E-state index contributed by atoms with van der Waals surface area (Å²) in [5.74, 6) is 0. The molecule has 0 aromatic rings. The lowest BCUT2D eigenvalue weighted by Gasteiger charge is -2.28. The van der Waals surface area contributed by atoms with Crippen LogP contribution in [0.15, 0.2) is 22.6 Å². The van der Waals surface area contributed by atoms with Crippen molar-refractivity contribution in [1.82, 2.24) is 0 Å². The highest BCUT2D eigenvalue weighted by Gasteiger charge is 2.23. The molecule has 0 aromatic heterocycles. The van der Waals surface area contributed by atoms with E-state index in [0.29, 0.717) is 0 Å². The molecule has 0 N–H and O–H groups in total. The summed E-state index contributed by atoms with van der Waals surface area (Å²) in [6.45, 7) is 15.9. The molecule has 1 rings (SSSR count). The molecule has 4 nitrogen and oxygen atoms in total. The van der Waals surface area contributed by atoms with Gasteiger partial charge in [0, 0.05) is 9.77 Å². The van der Waals surface area contributed by atoms with Crippen molar-refractivity contribution >= 4 is 16.2 Å². The standard InChI is InChI=1S/C14H23S.ClHO4/c1-10-8-11(13(2,3)4)9-12(15-10)14(5,6)7;2-1(3,4)5/h8-9H,1-7H3;(H,2,3,4,5)/p-1. The molecule has 0 aromatic carbocycles. The number of halogens is 1. The molecule has 0 unspecified atom stereocenters. The molecular weight excluding hydrogens is 300 g/mol. The lowest BCUT2D eigenvalue weighted by molar-refractivity contribution is -2.00. The van der Waals surface area contributed by atoms with E-state index in [1.54, 1.807) is 0 Å². The second kappa shape index (κ2) is 6.64. The minimum atomic E-state index is -4.94. The van der Waals surface area contributed by atoms with Gasteiger partial charge in [0.2, 0.25) is 0 Å². The Kier molecular flexibility index (Phi) is 6.54.